The van der Waals surface area contributed by atoms with Gasteiger partial charge in [0.15, 0.2) is 0 Å². The zero-order chi connectivity index (χ0) is 27.3. The molecule has 1 saturated heterocycles. The molecule has 2 aromatic heterocycles. The summed E-state index contributed by atoms with van der Waals surface area (Å²) in [5, 5.41) is 4.92. The highest BCUT2D eigenvalue weighted by molar-refractivity contribution is 7.89. The van der Waals surface area contributed by atoms with Gasteiger partial charge in [-0.05, 0) is 85.4 Å². The van der Waals surface area contributed by atoms with Crippen LogP contribution >= 0.6 is 22.7 Å². The summed E-state index contributed by atoms with van der Waals surface area (Å²) in [4.78, 5) is 19.9. The fourth-order valence-electron chi connectivity index (χ4n) is 5.95. The van der Waals surface area contributed by atoms with Crippen molar-refractivity contribution in [3.05, 3.63) is 64.5 Å². The minimum atomic E-state index is -3.60. The fraction of sp³-hybridized carbons (Fsp3) is 0.400. The molecule has 2 aliphatic rings. The van der Waals surface area contributed by atoms with Crippen LogP contribution in [0.5, 0.6) is 0 Å². The number of carbonyl (C=O) groups excluding carboxylic acids is 1. The van der Waals surface area contributed by atoms with Crippen LogP contribution in [-0.4, -0.2) is 36.7 Å². The van der Waals surface area contributed by atoms with Gasteiger partial charge in [-0.1, -0.05) is 32.9 Å². The number of sulfonamides is 1. The topological polar surface area (TPSA) is 79.4 Å². The van der Waals surface area contributed by atoms with Gasteiger partial charge in [-0.15, -0.1) is 22.7 Å². The third-order valence-electron chi connectivity index (χ3n) is 7.84. The summed E-state index contributed by atoms with van der Waals surface area (Å²) in [6.45, 7) is 7.53. The summed E-state index contributed by atoms with van der Waals surface area (Å²) in [7, 11) is -3.60. The van der Waals surface area contributed by atoms with E-state index in [-0.39, 0.29) is 10.8 Å². The highest BCUT2D eigenvalue weighted by Crippen LogP contribution is 2.47. The number of nitrogens with zero attached hydrogens (tertiary/aromatic N) is 2. The Kier molecular flexibility index (Phi) is 7.12. The molecule has 1 aliphatic heterocycles. The van der Waals surface area contributed by atoms with Gasteiger partial charge in [0.25, 0.3) is 5.91 Å². The molecular formula is C30H33N3O3S3. The van der Waals surface area contributed by atoms with Gasteiger partial charge in [-0.25, -0.2) is 13.4 Å². The summed E-state index contributed by atoms with van der Waals surface area (Å²) in [5.41, 5.74) is 3.75. The van der Waals surface area contributed by atoms with E-state index in [4.69, 9.17) is 4.98 Å². The highest BCUT2D eigenvalue weighted by Gasteiger charge is 2.32. The van der Waals surface area contributed by atoms with Crippen molar-refractivity contribution in [3.63, 3.8) is 0 Å². The number of amides is 1. The monoisotopic (exact) mass is 579 g/mol. The number of carbonyl (C=O) groups is 1. The average Bonchev–Trinajstić information content (AvgIpc) is 3.48. The molecule has 1 amide bonds. The number of hydrogen-bond acceptors (Lipinski definition) is 6. The molecule has 6 rings (SSSR count). The quantitative estimate of drug-likeness (QED) is 0.274. The van der Waals surface area contributed by atoms with Crippen molar-refractivity contribution in [2.24, 2.45) is 17.8 Å². The molecular weight excluding hydrogens is 547 g/mol. The van der Waals surface area contributed by atoms with Crippen LogP contribution in [0.2, 0.25) is 0 Å². The Hall–Kier alpha value is -2.59. The van der Waals surface area contributed by atoms with Crippen LogP contribution in [-0.2, 0) is 22.9 Å². The molecule has 9 heteroatoms. The van der Waals surface area contributed by atoms with Crippen LogP contribution in [0, 0.1) is 17.8 Å². The van der Waals surface area contributed by atoms with Crippen LogP contribution in [0.4, 0.5) is 5.00 Å². The van der Waals surface area contributed by atoms with Crippen molar-refractivity contribution in [1.82, 2.24) is 9.29 Å². The van der Waals surface area contributed by atoms with Gasteiger partial charge in [0.2, 0.25) is 10.0 Å². The number of piperidine rings is 1. The Morgan fingerprint density at radius 1 is 0.974 bits per heavy atom. The maximum Gasteiger partial charge on any atom is 0.256 e. The summed E-state index contributed by atoms with van der Waals surface area (Å²) < 4.78 is 29.3. The van der Waals surface area contributed by atoms with Crippen LogP contribution in [0.1, 0.15) is 54.4 Å². The third-order valence-corrected chi connectivity index (χ3v) is 11.9. The van der Waals surface area contributed by atoms with Crippen molar-refractivity contribution in [2.75, 3.05) is 18.4 Å². The van der Waals surface area contributed by atoms with E-state index in [1.54, 1.807) is 51.2 Å². The second-order valence-corrected chi connectivity index (χ2v) is 15.4. The van der Waals surface area contributed by atoms with Crippen molar-refractivity contribution >= 4 is 53.8 Å². The lowest BCUT2D eigenvalue weighted by Crippen LogP contribution is -2.42. The Balaban J connectivity index is 1.28. The molecule has 3 atom stereocenters. The van der Waals surface area contributed by atoms with Crippen molar-refractivity contribution < 1.29 is 13.2 Å². The van der Waals surface area contributed by atoms with E-state index < -0.39 is 10.0 Å². The SMILES string of the molecule is C[C@@H]1CCc2c(sc(NC(=O)c3ccc(S(=O)(=O)N4C[C@@H](C)C[C@H](C)C4)cc3)c2-c2nc3ccccc3s2)C1. The Bertz CT molecular complexity index is 1600. The lowest BCUT2D eigenvalue weighted by Gasteiger charge is -2.34. The lowest BCUT2D eigenvalue weighted by molar-refractivity contribution is 0.102. The standard InChI is InChI=1S/C30H33N3O3S3/c1-18-8-13-23-26(15-18)38-30(27(23)29-31-24-6-4-5-7-25(24)37-29)32-28(34)21-9-11-22(12-10-21)39(35,36)33-16-19(2)14-20(3)17-33/h4-7,9-12,18-20H,8,13-17H2,1-3H3,(H,32,34)/t18-,19+,20+/m1/s1. The van der Waals surface area contributed by atoms with Crippen LogP contribution in [0.15, 0.2) is 53.4 Å². The number of anilines is 1. The van der Waals surface area contributed by atoms with Crippen molar-refractivity contribution in [1.29, 1.82) is 0 Å². The first-order valence-electron chi connectivity index (χ1n) is 13.6. The van der Waals surface area contributed by atoms with E-state index in [9.17, 15) is 13.2 Å². The molecule has 1 N–H and O–H groups in total. The van der Waals surface area contributed by atoms with Gasteiger partial charge in [0.1, 0.15) is 10.0 Å². The van der Waals surface area contributed by atoms with Gasteiger partial charge < -0.3 is 5.32 Å². The molecule has 1 fully saturated rings. The highest BCUT2D eigenvalue weighted by atomic mass is 32.2. The molecule has 6 nitrogen and oxygen atoms in total. The predicted octanol–water partition coefficient (Wildman–Crippen LogP) is 7.07. The summed E-state index contributed by atoms with van der Waals surface area (Å²) in [6, 6.07) is 14.5. The summed E-state index contributed by atoms with van der Waals surface area (Å²) in [5.74, 6) is 1.03. The first-order chi connectivity index (χ1) is 18.7. The van der Waals surface area contributed by atoms with Crippen molar-refractivity contribution in [3.8, 4) is 10.6 Å². The molecule has 0 unspecified atom stereocenters. The molecule has 0 radical (unpaired) electrons. The molecule has 3 heterocycles. The normalized spacial score (nSPS) is 22.1. The van der Waals surface area contributed by atoms with E-state index in [2.05, 4.69) is 32.2 Å². The zero-order valence-corrected chi connectivity index (χ0v) is 24.9. The van der Waals surface area contributed by atoms with Crippen molar-refractivity contribution in [2.45, 2.75) is 51.3 Å². The van der Waals surface area contributed by atoms with E-state index in [0.29, 0.717) is 36.4 Å². The van der Waals surface area contributed by atoms with Crippen LogP contribution < -0.4 is 5.32 Å². The number of benzene rings is 2. The zero-order valence-electron chi connectivity index (χ0n) is 22.4. The molecule has 39 heavy (non-hydrogen) atoms. The predicted molar refractivity (Wildman–Crippen MR) is 160 cm³/mol. The number of thiazole rings is 1. The summed E-state index contributed by atoms with van der Waals surface area (Å²) in [6.07, 6.45) is 4.15. The van der Waals surface area contributed by atoms with E-state index >= 15 is 0 Å². The molecule has 0 spiro atoms. The third kappa shape index (κ3) is 5.17. The van der Waals surface area contributed by atoms with E-state index in [0.717, 1.165) is 51.5 Å². The van der Waals surface area contributed by atoms with Gasteiger partial charge in [-0.3, -0.25) is 4.79 Å². The molecule has 204 valence electrons. The van der Waals surface area contributed by atoms with Gasteiger partial charge in [0, 0.05) is 29.1 Å². The molecule has 1 aliphatic carbocycles. The maximum atomic E-state index is 13.4. The number of hydrogen-bond donors (Lipinski definition) is 1. The fourth-order valence-corrected chi connectivity index (χ4v) is 10.1. The summed E-state index contributed by atoms with van der Waals surface area (Å²) >= 11 is 3.31. The molecule has 2 aromatic carbocycles. The number of para-hydroxylation sites is 1. The van der Waals surface area contributed by atoms with Gasteiger partial charge in [-0.2, -0.15) is 4.31 Å². The Labute approximate surface area is 238 Å². The first kappa shape index (κ1) is 26.6. The number of nitrogens with one attached hydrogen (secondary N) is 1. The van der Waals surface area contributed by atoms with Gasteiger partial charge >= 0.3 is 0 Å². The van der Waals surface area contributed by atoms with Gasteiger partial charge in [0.05, 0.1) is 15.1 Å². The smallest absolute Gasteiger partial charge is 0.256 e. The molecule has 4 aromatic rings. The number of rotatable bonds is 5. The second kappa shape index (κ2) is 10.4. The minimum Gasteiger partial charge on any atom is -0.313 e. The second-order valence-electron chi connectivity index (χ2n) is 11.3. The van der Waals surface area contributed by atoms with Crippen LogP contribution in [0.25, 0.3) is 20.8 Å². The Morgan fingerprint density at radius 3 is 2.41 bits per heavy atom. The number of fused-ring (bicyclic) bond motifs is 2. The number of thiophene rings is 1. The minimum absolute atomic E-state index is 0.232. The Morgan fingerprint density at radius 2 is 1.69 bits per heavy atom. The van der Waals surface area contributed by atoms with E-state index in [1.807, 2.05) is 18.2 Å². The lowest BCUT2D eigenvalue weighted by atomic mass is 9.88. The average molecular weight is 580 g/mol. The maximum absolute atomic E-state index is 13.4. The first-order valence-corrected chi connectivity index (χ1v) is 16.7. The van der Waals surface area contributed by atoms with E-state index in [1.165, 1.54) is 10.4 Å². The molecule has 0 bridgehead atoms. The molecule has 0 saturated carbocycles. The largest absolute Gasteiger partial charge is 0.313 e. The number of aromatic nitrogens is 1. The van der Waals surface area contributed by atoms with Crippen LogP contribution in [0.3, 0.4) is 0 Å².